The van der Waals surface area contributed by atoms with Gasteiger partial charge in [-0.1, -0.05) is 44.2 Å². The van der Waals surface area contributed by atoms with E-state index in [0.717, 1.165) is 10.1 Å². The molecule has 11 heteroatoms. The molecule has 0 spiro atoms. The molecule has 3 heterocycles. The number of amides is 2. The minimum Gasteiger partial charge on any atom is -0.469 e. The summed E-state index contributed by atoms with van der Waals surface area (Å²) in [6.45, 7) is 5.72. The van der Waals surface area contributed by atoms with Gasteiger partial charge in [0.1, 0.15) is 12.3 Å². The van der Waals surface area contributed by atoms with Crippen molar-refractivity contribution in [2.75, 3.05) is 0 Å². The molecule has 0 atom stereocenters. The summed E-state index contributed by atoms with van der Waals surface area (Å²) in [5.41, 5.74) is 4.81. The van der Waals surface area contributed by atoms with Gasteiger partial charge in [0.2, 0.25) is 0 Å². The van der Waals surface area contributed by atoms with Crippen LogP contribution in [0.2, 0.25) is 0 Å². The number of hydrogen-bond acceptors (Lipinski definition) is 6. The average Bonchev–Trinajstić information content (AvgIpc) is 3.44. The van der Waals surface area contributed by atoms with E-state index in [-0.39, 0.29) is 29.2 Å². The number of aryl methyl sites for hydroxylation is 1. The average molecular weight is 479 g/mol. The fraction of sp³-hybridized carbons (Fsp3) is 0.292. The summed E-state index contributed by atoms with van der Waals surface area (Å²) in [5.74, 6) is -0.705. The van der Waals surface area contributed by atoms with E-state index in [2.05, 4.69) is 15.8 Å². The molecule has 0 aliphatic carbocycles. The summed E-state index contributed by atoms with van der Waals surface area (Å²) < 4.78 is 9.01. The number of hydrogen-bond donors (Lipinski definition) is 2. The zero-order valence-corrected chi connectivity index (χ0v) is 19.6. The number of benzene rings is 1. The van der Waals surface area contributed by atoms with Crippen LogP contribution in [0.15, 0.2) is 63.0 Å². The van der Waals surface area contributed by atoms with Gasteiger partial charge in [0, 0.05) is 6.54 Å². The lowest BCUT2D eigenvalue weighted by Gasteiger charge is -2.14. The Morgan fingerprint density at radius 3 is 2.46 bits per heavy atom. The topological polar surface area (TPSA) is 133 Å². The summed E-state index contributed by atoms with van der Waals surface area (Å²) in [4.78, 5) is 55.9. The quantitative estimate of drug-likeness (QED) is 0.386. The van der Waals surface area contributed by atoms with E-state index in [0.29, 0.717) is 12.3 Å². The van der Waals surface area contributed by atoms with E-state index < -0.39 is 29.6 Å². The molecule has 11 nitrogen and oxygen atoms in total. The van der Waals surface area contributed by atoms with Crippen LogP contribution in [0.3, 0.4) is 0 Å². The second-order valence-electron chi connectivity index (χ2n) is 8.60. The first-order chi connectivity index (χ1) is 16.8. The molecule has 0 bridgehead atoms. The molecule has 0 aliphatic rings. The molecule has 0 saturated heterocycles. The number of aromatic nitrogens is 4. The van der Waals surface area contributed by atoms with Crippen LogP contribution in [0.5, 0.6) is 0 Å². The molecule has 0 unspecified atom stereocenters. The highest BCUT2D eigenvalue weighted by Crippen LogP contribution is 2.12. The number of carbonyl (C=O) groups is 2. The predicted octanol–water partition coefficient (Wildman–Crippen LogP) is 1.43. The zero-order valence-electron chi connectivity index (χ0n) is 19.6. The third kappa shape index (κ3) is 4.93. The van der Waals surface area contributed by atoms with E-state index in [1.165, 1.54) is 23.2 Å². The van der Waals surface area contributed by atoms with Crippen LogP contribution in [0, 0.1) is 12.8 Å². The number of imidazole rings is 1. The highest BCUT2D eigenvalue weighted by molar-refractivity contribution is 5.96. The van der Waals surface area contributed by atoms with Crippen molar-refractivity contribution < 1.29 is 14.0 Å². The lowest BCUT2D eigenvalue weighted by molar-refractivity contribution is -0.122. The van der Waals surface area contributed by atoms with Crippen LogP contribution in [-0.4, -0.2) is 30.5 Å². The van der Waals surface area contributed by atoms with Crippen LogP contribution < -0.4 is 22.1 Å². The molecule has 0 saturated carbocycles. The second kappa shape index (κ2) is 9.84. The number of rotatable bonds is 7. The molecule has 182 valence electrons. The van der Waals surface area contributed by atoms with Gasteiger partial charge in [-0.25, -0.2) is 14.3 Å². The van der Waals surface area contributed by atoms with Crippen molar-refractivity contribution in [3.05, 3.63) is 86.7 Å². The van der Waals surface area contributed by atoms with Gasteiger partial charge in [-0.3, -0.25) is 29.8 Å². The summed E-state index contributed by atoms with van der Waals surface area (Å²) in [6.07, 6.45) is 2.89. The van der Waals surface area contributed by atoms with Crippen molar-refractivity contribution in [1.82, 2.24) is 29.5 Å². The summed E-state index contributed by atoms with van der Waals surface area (Å²) >= 11 is 0. The first kappa shape index (κ1) is 23.7. The highest BCUT2D eigenvalue weighted by atomic mass is 16.3. The number of nitrogens with one attached hydrogen (secondary N) is 2. The van der Waals surface area contributed by atoms with Gasteiger partial charge in [0.15, 0.2) is 11.2 Å². The van der Waals surface area contributed by atoms with E-state index in [9.17, 15) is 19.2 Å². The largest absolute Gasteiger partial charge is 0.469 e. The van der Waals surface area contributed by atoms with Crippen molar-refractivity contribution in [2.45, 2.75) is 40.4 Å². The van der Waals surface area contributed by atoms with Gasteiger partial charge in [0.25, 0.3) is 17.4 Å². The normalized spacial score (nSPS) is 11.2. The first-order valence-corrected chi connectivity index (χ1v) is 11.1. The van der Waals surface area contributed by atoms with Crippen LogP contribution in [-0.2, 0) is 24.4 Å². The Morgan fingerprint density at radius 2 is 1.80 bits per heavy atom. The predicted molar refractivity (Wildman–Crippen MR) is 128 cm³/mol. The Balaban J connectivity index is 1.68. The van der Waals surface area contributed by atoms with E-state index in [4.69, 9.17) is 4.42 Å². The SMILES string of the molecule is Cc1occc1C(=O)NNC(=O)Cn1c(=O)c2c(ncn2CC(C)C)n(Cc2ccccc2)c1=O. The van der Waals surface area contributed by atoms with Gasteiger partial charge in [-0.15, -0.1) is 0 Å². The standard InChI is InChI=1S/C24H26N6O5/c1-15(2)11-28-14-25-21-20(28)23(33)30(24(34)29(21)12-17-7-5-4-6-8-17)13-19(31)26-27-22(32)18-9-10-35-16(18)3/h4-10,14-15H,11-13H2,1-3H3,(H,26,31)(H,27,32). The Kier molecular flexibility index (Phi) is 6.67. The number of carbonyl (C=O) groups excluding carboxylic acids is 2. The molecule has 0 radical (unpaired) electrons. The highest BCUT2D eigenvalue weighted by Gasteiger charge is 2.21. The molecule has 2 N–H and O–H groups in total. The fourth-order valence-corrected chi connectivity index (χ4v) is 3.82. The summed E-state index contributed by atoms with van der Waals surface area (Å²) in [5, 5.41) is 0. The number of nitrogens with zero attached hydrogens (tertiary/aromatic N) is 4. The minimum absolute atomic E-state index is 0.174. The van der Waals surface area contributed by atoms with E-state index in [1.54, 1.807) is 11.5 Å². The lowest BCUT2D eigenvalue weighted by atomic mass is 10.2. The van der Waals surface area contributed by atoms with Crippen LogP contribution in [0.4, 0.5) is 0 Å². The molecule has 0 fully saturated rings. The molecule has 1 aromatic carbocycles. The smallest absolute Gasteiger partial charge is 0.333 e. The summed E-state index contributed by atoms with van der Waals surface area (Å²) in [6, 6.07) is 10.8. The Morgan fingerprint density at radius 1 is 1.06 bits per heavy atom. The molecule has 0 aliphatic heterocycles. The third-order valence-electron chi connectivity index (χ3n) is 5.45. The van der Waals surface area contributed by atoms with E-state index in [1.807, 2.05) is 44.2 Å². The van der Waals surface area contributed by atoms with Crippen molar-refractivity contribution in [3.63, 3.8) is 0 Å². The van der Waals surface area contributed by atoms with Crippen LogP contribution in [0.25, 0.3) is 11.2 Å². The number of fused-ring (bicyclic) bond motifs is 1. The van der Waals surface area contributed by atoms with Gasteiger partial charge in [-0.2, -0.15) is 0 Å². The van der Waals surface area contributed by atoms with Crippen molar-refractivity contribution in [1.29, 1.82) is 0 Å². The maximum absolute atomic E-state index is 13.3. The zero-order chi connectivity index (χ0) is 25.1. The lowest BCUT2D eigenvalue weighted by Crippen LogP contribution is -2.48. The van der Waals surface area contributed by atoms with Crippen molar-refractivity contribution in [2.24, 2.45) is 5.92 Å². The Bertz CT molecular complexity index is 1490. The monoisotopic (exact) mass is 478 g/mol. The first-order valence-electron chi connectivity index (χ1n) is 11.1. The Labute approximate surface area is 200 Å². The molecular weight excluding hydrogens is 452 g/mol. The van der Waals surface area contributed by atoms with Gasteiger partial charge < -0.3 is 8.98 Å². The maximum atomic E-state index is 13.3. The van der Waals surface area contributed by atoms with Crippen LogP contribution in [0.1, 0.15) is 35.5 Å². The molecule has 4 rings (SSSR count). The minimum atomic E-state index is -0.737. The number of hydrazine groups is 1. The van der Waals surface area contributed by atoms with Gasteiger partial charge in [-0.05, 0) is 24.5 Å². The Hall–Kier alpha value is -4.41. The molecule has 35 heavy (non-hydrogen) atoms. The number of furan rings is 1. The second-order valence-corrected chi connectivity index (χ2v) is 8.60. The molecule has 3 aromatic heterocycles. The fourth-order valence-electron chi connectivity index (χ4n) is 3.82. The van der Waals surface area contributed by atoms with Gasteiger partial charge >= 0.3 is 5.69 Å². The van der Waals surface area contributed by atoms with Crippen molar-refractivity contribution in [3.8, 4) is 0 Å². The third-order valence-corrected chi connectivity index (χ3v) is 5.45. The summed E-state index contributed by atoms with van der Waals surface area (Å²) in [7, 11) is 0. The maximum Gasteiger partial charge on any atom is 0.333 e. The van der Waals surface area contributed by atoms with E-state index >= 15 is 0 Å². The molecule has 4 aromatic rings. The molecule has 2 amide bonds. The van der Waals surface area contributed by atoms with Crippen LogP contribution >= 0.6 is 0 Å². The van der Waals surface area contributed by atoms with Gasteiger partial charge in [0.05, 0.1) is 24.7 Å². The molecular formula is C24H26N6O5. The van der Waals surface area contributed by atoms with Crippen molar-refractivity contribution >= 4 is 23.0 Å².